The maximum absolute atomic E-state index is 5.09. The topological polar surface area (TPSA) is 62.3 Å². The van der Waals surface area contributed by atoms with Gasteiger partial charge in [0.1, 0.15) is 18.2 Å². The summed E-state index contributed by atoms with van der Waals surface area (Å²) in [6, 6.07) is 10.0. The molecule has 6 heteroatoms. The van der Waals surface area contributed by atoms with E-state index in [1.165, 1.54) is 0 Å². The minimum Gasteiger partial charge on any atom is -0.378 e. The Kier molecular flexibility index (Phi) is 4.94. The third kappa shape index (κ3) is 4.06. The molecule has 1 aromatic heterocycles. The van der Waals surface area contributed by atoms with Gasteiger partial charge in [-0.05, 0) is 24.3 Å². The van der Waals surface area contributed by atoms with Crippen molar-refractivity contribution < 1.29 is 4.74 Å². The lowest BCUT2D eigenvalue weighted by Crippen LogP contribution is -2.08. The van der Waals surface area contributed by atoms with E-state index in [0.717, 1.165) is 23.0 Å². The molecule has 0 unspecified atom stereocenters. The maximum atomic E-state index is 5.09. The predicted octanol–water partition coefficient (Wildman–Crippen LogP) is 2.47. The van der Waals surface area contributed by atoms with Crippen molar-refractivity contribution in [3.63, 3.8) is 0 Å². The number of ether oxygens (including phenoxy) is 1. The SMILES string of the molecule is CNc1cc(Nc2ccc(N(C)C)cc2)nc(COC)n1. The van der Waals surface area contributed by atoms with Crippen LogP contribution in [-0.4, -0.2) is 38.2 Å². The van der Waals surface area contributed by atoms with Crippen molar-refractivity contribution in [2.45, 2.75) is 6.61 Å². The molecule has 112 valence electrons. The van der Waals surface area contributed by atoms with E-state index < -0.39 is 0 Å². The van der Waals surface area contributed by atoms with Crippen LogP contribution in [0.1, 0.15) is 5.82 Å². The molecular weight excluding hydrogens is 266 g/mol. The highest BCUT2D eigenvalue weighted by atomic mass is 16.5. The van der Waals surface area contributed by atoms with Crippen LogP contribution in [0.2, 0.25) is 0 Å². The van der Waals surface area contributed by atoms with Crippen LogP contribution >= 0.6 is 0 Å². The van der Waals surface area contributed by atoms with Crippen molar-refractivity contribution in [2.24, 2.45) is 0 Å². The first kappa shape index (κ1) is 15.1. The second-order valence-electron chi connectivity index (χ2n) is 4.80. The fourth-order valence-electron chi connectivity index (χ4n) is 1.87. The predicted molar refractivity (Wildman–Crippen MR) is 86.3 cm³/mol. The molecule has 0 fully saturated rings. The summed E-state index contributed by atoms with van der Waals surface area (Å²) in [5.74, 6) is 2.13. The molecule has 6 nitrogen and oxygen atoms in total. The molecule has 0 amide bonds. The van der Waals surface area contributed by atoms with E-state index in [4.69, 9.17) is 4.74 Å². The number of rotatable bonds is 6. The summed E-state index contributed by atoms with van der Waals surface area (Å²) in [5, 5.41) is 6.30. The van der Waals surface area contributed by atoms with E-state index in [1.54, 1.807) is 7.11 Å². The Morgan fingerprint density at radius 1 is 1.10 bits per heavy atom. The van der Waals surface area contributed by atoms with Crippen molar-refractivity contribution in [1.82, 2.24) is 9.97 Å². The highest BCUT2D eigenvalue weighted by Crippen LogP contribution is 2.20. The number of hydrogen-bond donors (Lipinski definition) is 2. The summed E-state index contributed by atoms with van der Waals surface area (Å²) in [7, 11) is 7.49. The van der Waals surface area contributed by atoms with Gasteiger partial charge in [-0.2, -0.15) is 0 Å². The number of hydrogen-bond acceptors (Lipinski definition) is 6. The Balaban J connectivity index is 2.19. The van der Waals surface area contributed by atoms with Crippen molar-refractivity contribution in [3.05, 3.63) is 36.2 Å². The summed E-state index contributed by atoms with van der Waals surface area (Å²) in [5.41, 5.74) is 2.13. The van der Waals surface area contributed by atoms with E-state index in [0.29, 0.717) is 12.4 Å². The Morgan fingerprint density at radius 2 is 1.76 bits per heavy atom. The quantitative estimate of drug-likeness (QED) is 0.851. The van der Waals surface area contributed by atoms with E-state index in [-0.39, 0.29) is 0 Å². The van der Waals surface area contributed by atoms with Crippen molar-refractivity contribution in [1.29, 1.82) is 0 Å². The standard InChI is InChI=1S/C15H21N5O/c1-16-13-9-14(19-15(18-13)10-21-4)17-11-5-7-12(8-6-11)20(2)3/h5-9H,10H2,1-4H3,(H2,16,17,18,19). The van der Waals surface area contributed by atoms with Crippen molar-refractivity contribution in [3.8, 4) is 0 Å². The zero-order valence-corrected chi connectivity index (χ0v) is 12.8. The number of nitrogens with one attached hydrogen (secondary N) is 2. The van der Waals surface area contributed by atoms with Crippen LogP contribution in [0, 0.1) is 0 Å². The van der Waals surface area contributed by atoms with E-state index in [9.17, 15) is 0 Å². The largest absolute Gasteiger partial charge is 0.378 e. The molecule has 1 heterocycles. The smallest absolute Gasteiger partial charge is 0.158 e. The molecule has 2 aromatic rings. The molecule has 2 N–H and O–H groups in total. The van der Waals surface area contributed by atoms with E-state index in [2.05, 4.69) is 37.6 Å². The van der Waals surface area contributed by atoms with Gasteiger partial charge in [-0.1, -0.05) is 0 Å². The molecule has 2 rings (SSSR count). The van der Waals surface area contributed by atoms with Crippen LogP contribution in [0.15, 0.2) is 30.3 Å². The zero-order valence-electron chi connectivity index (χ0n) is 12.8. The lowest BCUT2D eigenvalue weighted by atomic mass is 10.2. The minimum absolute atomic E-state index is 0.379. The van der Waals surface area contributed by atoms with Gasteiger partial charge in [0.25, 0.3) is 0 Å². The molecular formula is C15H21N5O. The third-order valence-corrected chi connectivity index (χ3v) is 2.96. The number of nitrogens with zero attached hydrogens (tertiary/aromatic N) is 3. The first-order chi connectivity index (χ1) is 10.1. The number of methoxy groups -OCH3 is 1. The Morgan fingerprint density at radius 3 is 2.33 bits per heavy atom. The highest BCUT2D eigenvalue weighted by molar-refractivity contribution is 5.62. The van der Waals surface area contributed by atoms with Crippen LogP contribution in [0.5, 0.6) is 0 Å². The average Bonchev–Trinajstić information content (AvgIpc) is 2.48. The van der Waals surface area contributed by atoms with Crippen molar-refractivity contribution in [2.75, 3.05) is 43.8 Å². The second kappa shape index (κ2) is 6.90. The highest BCUT2D eigenvalue weighted by Gasteiger charge is 2.04. The van der Waals surface area contributed by atoms with E-state index >= 15 is 0 Å². The van der Waals surface area contributed by atoms with Gasteiger partial charge in [0.2, 0.25) is 0 Å². The Labute approximate surface area is 125 Å². The maximum Gasteiger partial charge on any atom is 0.158 e. The van der Waals surface area contributed by atoms with Gasteiger partial charge >= 0.3 is 0 Å². The van der Waals surface area contributed by atoms with Gasteiger partial charge in [-0.15, -0.1) is 0 Å². The normalized spacial score (nSPS) is 10.3. The van der Waals surface area contributed by atoms with Crippen LogP contribution < -0.4 is 15.5 Å². The molecule has 1 aromatic carbocycles. The van der Waals surface area contributed by atoms with Gasteiger partial charge in [0.15, 0.2) is 5.82 Å². The van der Waals surface area contributed by atoms with Gasteiger partial charge in [-0.3, -0.25) is 0 Å². The zero-order chi connectivity index (χ0) is 15.2. The van der Waals surface area contributed by atoms with Gasteiger partial charge < -0.3 is 20.3 Å². The molecule has 0 spiro atoms. The fraction of sp³-hybridized carbons (Fsp3) is 0.333. The summed E-state index contributed by atoms with van der Waals surface area (Å²) in [4.78, 5) is 10.8. The van der Waals surface area contributed by atoms with Crippen LogP contribution in [0.25, 0.3) is 0 Å². The molecule has 0 saturated heterocycles. The molecule has 0 aliphatic heterocycles. The Hall–Kier alpha value is -2.34. The van der Waals surface area contributed by atoms with Crippen molar-refractivity contribution >= 4 is 23.0 Å². The summed E-state index contributed by atoms with van der Waals surface area (Å²) < 4.78 is 5.09. The second-order valence-corrected chi connectivity index (χ2v) is 4.80. The molecule has 0 radical (unpaired) electrons. The molecule has 0 saturated carbocycles. The van der Waals surface area contributed by atoms with E-state index in [1.807, 2.05) is 39.3 Å². The van der Waals surface area contributed by atoms with Crippen LogP contribution in [-0.2, 0) is 11.3 Å². The first-order valence-corrected chi connectivity index (χ1v) is 6.71. The van der Waals surface area contributed by atoms with Gasteiger partial charge in [-0.25, -0.2) is 9.97 Å². The Bertz CT molecular complexity index is 583. The number of aromatic nitrogens is 2. The van der Waals surface area contributed by atoms with Crippen LogP contribution in [0.3, 0.4) is 0 Å². The average molecular weight is 287 g/mol. The lowest BCUT2D eigenvalue weighted by molar-refractivity contribution is 0.178. The fourth-order valence-corrected chi connectivity index (χ4v) is 1.87. The minimum atomic E-state index is 0.379. The summed E-state index contributed by atoms with van der Waals surface area (Å²) in [6.07, 6.45) is 0. The summed E-state index contributed by atoms with van der Waals surface area (Å²) in [6.45, 7) is 0.379. The molecule has 0 aliphatic carbocycles. The number of benzene rings is 1. The van der Waals surface area contributed by atoms with Crippen LogP contribution in [0.4, 0.5) is 23.0 Å². The molecule has 0 atom stereocenters. The van der Waals surface area contributed by atoms with Gasteiger partial charge in [0.05, 0.1) is 0 Å². The third-order valence-electron chi connectivity index (χ3n) is 2.96. The first-order valence-electron chi connectivity index (χ1n) is 6.71. The summed E-state index contributed by atoms with van der Waals surface area (Å²) >= 11 is 0. The molecule has 0 bridgehead atoms. The lowest BCUT2D eigenvalue weighted by Gasteiger charge is -2.13. The molecule has 21 heavy (non-hydrogen) atoms. The van der Waals surface area contributed by atoms with Gasteiger partial charge in [0, 0.05) is 45.7 Å². The monoisotopic (exact) mass is 287 g/mol. The molecule has 0 aliphatic rings. The number of anilines is 4.